The Kier molecular flexibility index (Phi) is 4.41. The van der Waals surface area contributed by atoms with E-state index in [2.05, 4.69) is 26.1 Å². The van der Waals surface area contributed by atoms with Crippen molar-refractivity contribution in [2.24, 2.45) is 0 Å². The molecule has 3 aromatic rings. The number of aromatic amines is 1. The first-order chi connectivity index (χ1) is 13.0. The summed E-state index contributed by atoms with van der Waals surface area (Å²) in [5.41, 5.74) is 1.62. The van der Waals surface area contributed by atoms with E-state index in [-0.39, 0.29) is 24.6 Å². The second kappa shape index (κ2) is 6.63. The smallest absolute Gasteiger partial charge is 0.223 e. The highest BCUT2D eigenvalue weighted by Crippen LogP contribution is 2.36. The largest absolute Gasteiger partial charge is 0.346 e. The lowest BCUT2D eigenvalue weighted by Crippen LogP contribution is -2.64. The molecular formula is C16H17N7O2S2. The van der Waals surface area contributed by atoms with Crippen LogP contribution in [0, 0.1) is 11.3 Å². The molecule has 1 saturated heterocycles. The topological polar surface area (TPSA) is 121 Å². The van der Waals surface area contributed by atoms with Gasteiger partial charge in [0, 0.05) is 36.4 Å². The van der Waals surface area contributed by atoms with E-state index in [1.165, 1.54) is 22.4 Å². The van der Waals surface area contributed by atoms with Gasteiger partial charge in [-0.05, 0) is 12.3 Å². The monoisotopic (exact) mass is 403 g/mol. The van der Waals surface area contributed by atoms with E-state index in [9.17, 15) is 13.7 Å². The van der Waals surface area contributed by atoms with Crippen LogP contribution in [0.1, 0.15) is 6.42 Å². The number of fused-ring (bicyclic) bond motifs is 1. The summed E-state index contributed by atoms with van der Waals surface area (Å²) in [6.07, 6.45) is 8.73. The summed E-state index contributed by atoms with van der Waals surface area (Å²) in [7, 11) is -3.32. The fraction of sp³-hybridized carbons (Fsp3) is 0.375. The molecule has 0 unspecified atom stereocenters. The summed E-state index contributed by atoms with van der Waals surface area (Å²) in [5, 5.41) is 14.6. The Hall–Kier alpha value is -2.42. The van der Waals surface area contributed by atoms with Crippen molar-refractivity contribution in [3.8, 4) is 17.3 Å². The van der Waals surface area contributed by atoms with Gasteiger partial charge in [0.25, 0.3) is 0 Å². The average Bonchev–Trinajstić information content (AvgIpc) is 3.26. The first kappa shape index (κ1) is 18.0. The molecule has 140 valence electrons. The van der Waals surface area contributed by atoms with Crippen LogP contribution in [-0.2, 0) is 15.6 Å². The van der Waals surface area contributed by atoms with E-state index in [4.69, 9.17) is 0 Å². The van der Waals surface area contributed by atoms with E-state index in [0.717, 1.165) is 22.3 Å². The zero-order chi connectivity index (χ0) is 19.1. The third-order valence-corrected chi connectivity index (χ3v) is 7.88. The standard InChI is InChI=1S/C16H17N7O2S2/c1-26-11-27(24,25)22-8-16(9-22,3-4-17)23-7-12(6-21-23)14-13-2-5-18-15(13)20-10-19-14/h2,5-7,10H,3,8-9,11H2,1H3,(H,18,19,20). The van der Waals surface area contributed by atoms with E-state index in [1.54, 1.807) is 23.3 Å². The Morgan fingerprint density at radius 2 is 2.22 bits per heavy atom. The first-order valence-electron chi connectivity index (χ1n) is 8.16. The summed E-state index contributed by atoms with van der Waals surface area (Å²) in [5.74, 6) is 0. The van der Waals surface area contributed by atoms with Gasteiger partial charge in [0.05, 0.1) is 24.4 Å². The predicted octanol–water partition coefficient (Wildman–Crippen LogP) is 1.40. The number of sulfonamides is 1. The molecule has 0 spiro atoms. The van der Waals surface area contributed by atoms with Gasteiger partial charge in [-0.3, -0.25) is 4.68 Å². The number of thioether (sulfide) groups is 1. The lowest BCUT2D eigenvalue weighted by atomic mass is 9.89. The Morgan fingerprint density at radius 3 is 2.96 bits per heavy atom. The number of hydrogen-bond acceptors (Lipinski definition) is 7. The molecule has 4 rings (SSSR count). The quantitative estimate of drug-likeness (QED) is 0.660. The first-order valence-corrected chi connectivity index (χ1v) is 11.2. The van der Waals surface area contributed by atoms with Crippen LogP contribution in [-0.4, -0.2) is 61.9 Å². The van der Waals surface area contributed by atoms with Crippen LogP contribution >= 0.6 is 11.8 Å². The maximum Gasteiger partial charge on any atom is 0.223 e. The highest BCUT2D eigenvalue weighted by atomic mass is 32.3. The maximum absolute atomic E-state index is 12.3. The van der Waals surface area contributed by atoms with Crippen LogP contribution in [0.5, 0.6) is 0 Å². The number of aromatic nitrogens is 5. The maximum atomic E-state index is 12.3. The highest BCUT2D eigenvalue weighted by molar-refractivity contribution is 8.11. The van der Waals surface area contributed by atoms with Gasteiger partial charge in [-0.25, -0.2) is 18.4 Å². The number of nitrogens with one attached hydrogen (secondary N) is 1. The molecule has 0 saturated carbocycles. The van der Waals surface area contributed by atoms with E-state index in [0.29, 0.717) is 0 Å². The van der Waals surface area contributed by atoms with Crippen molar-refractivity contribution < 1.29 is 8.42 Å². The van der Waals surface area contributed by atoms with Crippen molar-refractivity contribution >= 4 is 32.8 Å². The number of hydrogen-bond donors (Lipinski definition) is 1. The Bertz CT molecular complexity index is 1120. The van der Waals surface area contributed by atoms with Crippen LogP contribution in [0.25, 0.3) is 22.3 Å². The van der Waals surface area contributed by atoms with E-state index < -0.39 is 15.6 Å². The van der Waals surface area contributed by atoms with Crippen LogP contribution in [0.15, 0.2) is 31.0 Å². The fourth-order valence-corrected chi connectivity index (χ4v) is 5.98. The van der Waals surface area contributed by atoms with Crippen molar-refractivity contribution in [3.63, 3.8) is 0 Å². The highest BCUT2D eigenvalue weighted by Gasteiger charge is 2.50. The molecule has 0 radical (unpaired) electrons. The van der Waals surface area contributed by atoms with Crippen molar-refractivity contribution in [1.82, 2.24) is 29.0 Å². The number of nitriles is 1. The van der Waals surface area contributed by atoms with Crippen molar-refractivity contribution in [2.45, 2.75) is 12.0 Å². The van der Waals surface area contributed by atoms with Gasteiger partial charge in [0.1, 0.15) is 22.6 Å². The molecule has 3 aromatic heterocycles. The Morgan fingerprint density at radius 1 is 1.41 bits per heavy atom. The van der Waals surface area contributed by atoms with Gasteiger partial charge >= 0.3 is 0 Å². The van der Waals surface area contributed by atoms with Crippen molar-refractivity contribution in [3.05, 3.63) is 31.0 Å². The lowest BCUT2D eigenvalue weighted by molar-refractivity contribution is 0.0722. The normalized spacial score (nSPS) is 16.9. The van der Waals surface area contributed by atoms with Gasteiger partial charge in [-0.2, -0.15) is 14.7 Å². The Labute approximate surface area is 160 Å². The van der Waals surface area contributed by atoms with Crippen LogP contribution in [0.3, 0.4) is 0 Å². The molecule has 1 aliphatic heterocycles. The molecule has 0 aliphatic carbocycles. The zero-order valence-electron chi connectivity index (χ0n) is 14.5. The minimum absolute atomic E-state index is 0.0341. The van der Waals surface area contributed by atoms with Gasteiger partial charge in [0.2, 0.25) is 10.0 Å². The van der Waals surface area contributed by atoms with Gasteiger partial charge < -0.3 is 4.98 Å². The molecule has 1 fully saturated rings. The molecule has 27 heavy (non-hydrogen) atoms. The van der Waals surface area contributed by atoms with Crippen LogP contribution < -0.4 is 0 Å². The molecule has 1 aliphatic rings. The molecule has 0 aromatic carbocycles. The Balaban J connectivity index is 1.65. The number of rotatable bonds is 6. The minimum Gasteiger partial charge on any atom is -0.346 e. The molecule has 0 amide bonds. The lowest BCUT2D eigenvalue weighted by Gasteiger charge is -2.47. The van der Waals surface area contributed by atoms with Crippen LogP contribution in [0.2, 0.25) is 0 Å². The molecular weight excluding hydrogens is 386 g/mol. The van der Waals surface area contributed by atoms with E-state index >= 15 is 0 Å². The van der Waals surface area contributed by atoms with Gasteiger partial charge in [-0.15, -0.1) is 11.8 Å². The summed E-state index contributed by atoms with van der Waals surface area (Å²) in [6.45, 7) is 0.488. The summed E-state index contributed by atoms with van der Waals surface area (Å²) in [6, 6.07) is 4.07. The third-order valence-electron chi connectivity index (χ3n) is 4.71. The molecule has 1 N–H and O–H groups in total. The van der Waals surface area contributed by atoms with E-state index in [1.807, 2.05) is 12.3 Å². The molecule has 4 heterocycles. The second-order valence-electron chi connectivity index (χ2n) is 6.48. The average molecular weight is 403 g/mol. The SMILES string of the molecule is CSCS(=O)(=O)N1CC(CC#N)(n2cc(-c3ncnc4[nH]ccc34)cn2)C1. The number of nitrogens with zero attached hydrogens (tertiary/aromatic N) is 6. The minimum atomic E-state index is -3.32. The van der Waals surface area contributed by atoms with Crippen molar-refractivity contribution in [2.75, 3.05) is 24.4 Å². The molecule has 9 nitrogen and oxygen atoms in total. The van der Waals surface area contributed by atoms with Gasteiger partial charge in [-0.1, -0.05) is 0 Å². The molecule has 11 heteroatoms. The fourth-order valence-electron chi connectivity index (χ4n) is 3.32. The zero-order valence-corrected chi connectivity index (χ0v) is 16.2. The van der Waals surface area contributed by atoms with Crippen molar-refractivity contribution in [1.29, 1.82) is 5.26 Å². The van der Waals surface area contributed by atoms with Gasteiger partial charge in [0.15, 0.2) is 0 Å². The number of H-pyrrole nitrogens is 1. The summed E-state index contributed by atoms with van der Waals surface area (Å²) >= 11 is 1.26. The predicted molar refractivity (Wildman–Crippen MR) is 102 cm³/mol. The summed E-state index contributed by atoms with van der Waals surface area (Å²) in [4.78, 5) is 11.6. The van der Waals surface area contributed by atoms with Crippen LogP contribution in [0.4, 0.5) is 0 Å². The molecule has 0 bridgehead atoms. The summed E-state index contributed by atoms with van der Waals surface area (Å²) < 4.78 is 27.6. The second-order valence-corrected chi connectivity index (χ2v) is 9.68. The molecule has 0 atom stereocenters. The third kappa shape index (κ3) is 2.99.